The van der Waals surface area contributed by atoms with E-state index >= 15 is 0 Å². The number of hydrogen-bond acceptors (Lipinski definition) is 9. The zero-order chi connectivity index (χ0) is 36.1. The Labute approximate surface area is 287 Å². The van der Waals surface area contributed by atoms with Crippen molar-refractivity contribution in [2.45, 2.75) is 64.9 Å². The Morgan fingerprint density at radius 3 is 2.06 bits per heavy atom. The predicted molar refractivity (Wildman–Crippen MR) is 182 cm³/mol. The third-order valence-corrected chi connectivity index (χ3v) is 8.07. The number of rotatable bonds is 16. The van der Waals surface area contributed by atoms with Gasteiger partial charge in [-0.3, -0.25) is 20.0 Å². The van der Waals surface area contributed by atoms with Gasteiger partial charge in [-0.15, -0.1) is 0 Å². The minimum atomic E-state index is -1.50. The van der Waals surface area contributed by atoms with Crippen molar-refractivity contribution in [3.8, 4) is 11.3 Å². The van der Waals surface area contributed by atoms with Gasteiger partial charge in [-0.25, -0.2) is 9.80 Å². The van der Waals surface area contributed by atoms with Gasteiger partial charge >= 0.3 is 6.09 Å². The molecular weight excluding hydrogens is 628 g/mol. The summed E-state index contributed by atoms with van der Waals surface area (Å²) in [6.45, 7) is 7.00. The van der Waals surface area contributed by atoms with Gasteiger partial charge in [0.1, 0.15) is 18.2 Å². The van der Waals surface area contributed by atoms with Crippen LogP contribution in [-0.4, -0.2) is 88.9 Å². The lowest BCUT2D eigenvalue weighted by Gasteiger charge is -2.35. The van der Waals surface area contributed by atoms with Gasteiger partial charge in [-0.2, -0.15) is 0 Å². The molecule has 4 N–H and O–H groups in total. The summed E-state index contributed by atoms with van der Waals surface area (Å²) in [5, 5.41) is 30.3. The first-order chi connectivity index (χ1) is 23.3. The summed E-state index contributed by atoms with van der Waals surface area (Å²) in [6.07, 6.45) is -1.59. The highest BCUT2D eigenvalue weighted by atomic mass is 16.5. The van der Waals surface area contributed by atoms with Gasteiger partial charge in [0.15, 0.2) is 0 Å². The monoisotopic (exact) mass is 675 g/mol. The lowest BCUT2D eigenvalue weighted by molar-refractivity contribution is -0.266. The Morgan fingerprint density at radius 1 is 0.857 bits per heavy atom. The third kappa shape index (κ3) is 11.6. The molecule has 0 aliphatic carbocycles. The predicted octanol–water partition coefficient (Wildman–Crippen LogP) is 2.35. The van der Waals surface area contributed by atoms with Gasteiger partial charge in [0.2, 0.25) is 5.91 Å². The number of nitrogens with one attached hydrogen (secondary N) is 3. The van der Waals surface area contributed by atoms with Crippen LogP contribution in [0.5, 0.6) is 0 Å². The molecule has 0 radical (unpaired) electrons. The topological polar surface area (TPSA) is 176 Å². The molecule has 3 aromatic rings. The molecule has 13 heteroatoms. The van der Waals surface area contributed by atoms with E-state index in [9.17, 15) is 29.4 Å². The number of hydrazine groups is 1. The number of pyridine rings is 1. The van der Waals surface area contributed by atoms with Gasteiger partial charge < -0.3 is 35.3 Å². The highest BCUT2D eigenvalue weighted by Gasteiger charge is 2.33. The molecule has 13 nitrogen and oxygen atoms in total. The molecule has 1 heterocycles. The highest BCUT2D eigenvalue weighted by molar-refractivity contribution is 5.86. The number of aromatic nitrogens is 1. The van der Waals surface area contributed by atoms with Gasteiger partial charge in [0.25, 0.3) is 5.91 Å². The molecule has 264 valence electrons. The Morgan fingerprint density at radius 2 is 1.51 bits per heavy atom. The fourth-order valence-corrected chi connectivity index (χ4v) is 5.44. The largest absolute Gasteiger partial charge is 0.530 e. The van der Waals surface area contributed by atoms with Crippen LogP contribution in [0.15, 0.2) is 79.0 Å². The van der Waals surface area contributed by atoms with Crippen LogP contribution < -0.4 is 21.2 Å². The number of carbonyl (C=O) groups excluding carboxylic acids is 4. The molecule has 0 fully saturated rings. The van der Waals surface area contributed by atoms with Gasteiger partial charge in [0.05, 0.1) is 24.9 Å². The summed E-state index contributed by atoms with van der Waals surface area (Å²) in [6, 6.07) is 19.5. The number of likely N-dealkylation sites (N-methyl/N-ethyl adjacent to an activating group) is 1. The molecule has 0 bridgehead atoms. The van der Waals surface area contributed by atoms with Crippen molar-refractivity contribution in [2.75, 3.05) is 20.7 Å². The Bertz CT molecular complexity index is 1510. The van der Waals surface area contributed by atoms with Gasteiger partial charge in [-0.1, -0.05) is 88.4 Å². The van der Waals surface area contributed by atoms with Crippen molar-refractivity contribution in [3.05, 3.63) is 90.1 Å². The van der Waals surface area contributed by atoms with E-state index < -0.39 is 54.1 Å². The Kier molecular flexibility index (Phi) is 14.5. The van der Waals surface area contributed by atoms with Gasteiger partial charge in [-0.05, 0) is 41.5 Å². The number of hydrogen-bond donors (Lipinski definition) is 4. The lowest BCUT2D eigenvalue weighted by Crippen LogP contribution is -2.60. The maximum atomic E-state index is 13.5. The summed E-state index contributed by atoms with van der Waals surface area (Å²) in [7, 11) is 2.48. The molecule has 2 aromatic carbocycles. The molecule has 3 rings (SSSR count). The van der Waals surface area contributed by atoms with E-state index in [2.05, 4.69) is 21.0 Å². The first kappa shape index (κ1) is 38.4. The number of ether oxygens (including phenoxy) is 1. The van der Waals surface area contributed by atoms with Crippen molar-refractivity contribution < 1.29 is 34.1 Å². The number of nitrogens with zero attached hydrogens (tertiary/aromatic N) is 3. The SMILES string of the molecule is COC(=O)N[C@H](C(=O)NN(Cc1ccc(-c2ccccn2)cc1)C[C@H](O)[C@H](Cc1ccccc1)NC(=O)[C@H](C(C)C)N(C)C(=O)[O-])C(C)C. The van der Waals surface area contributed by atoms with Crippen LogP contribution in [0.3, 0.4) is 0 Å². The average molecular weight is 676 g/mol. The van der Waals surface area contributed by atoms with Crippen molar-refractivity contribution >= 4 is 24.0 Å². The second-order valence-corrected chi connectivity index (χ2v) is 12.6. The second kappa shape index (κ2) is 18.5. The number of carbonyl (C=O) groups is 4. The summed E-state index contributed by atoms with van der Waals surface area (Å²) in [5.74, 6) is -1.82. The molecule has 0 saturated carbocycles. The van der Waals surface area contributed by atoms with E-state index in [0.29, 0.717) is 0 Å². The number of methoxy groups -OCH3 is 1. The summed E-state index contributed by atoms with van der Waals surface area (Å²) in [5.41, 5.74) is 6.16. The normalized spacial score (nSPS) is 13.7. The van der Waals surface area contributed by atoms with Crippen LogP contribution in [0.4, 0.5) is 9.59 Å². The van der Waals surface area contributed by atoms with E-state index in [-0.39, 0.29) is 25.4 Å². The Balaban J connectivity index is 1.93. The van der Waals surface area contributed by atoms with E-state index in [1.807, 2.05) is 72.8 Å². The fraction of sp³-hybridized carbons (Fsp3) is 0.417. The number of amides is 4. The summed E-state index contributed by atoms with van der Waals surface area (Å²) in [4.78, 5) is 56.0. The molecule has 0 saturated heterocycles. The molecule has 4 amide bonds. The smallest absolute Gasteiger partial charge is 0.407 e. The molecule has 0 aliphatic heterocycles. The van der Waals surface area contributed by atoms with Crippen LogP contribution in [0.25, 0.3) is 11.3 Å². The minimum absolute atomic E-state index is 0.142. The quantitative estimate of drug-likeness (QED) is 0.166. The standard InChI is InChI=1S/C36H48N6O7/c1-23(2)31(39-35(46)49-6)33(44)40-42(21-26-15-17-27(18-16-26)28-14-10-11-19-37-28)22-30(43)29(20-25-12-8-7-9-13-25)38-34(45)32(24(3)4)41(5)36(47)48/h7-19,23-24,29-32,43H,20-22H2,1-6H3,(H,38,45)(H,39,46)(H,40,44)(H,47,48)/p-1/t29-,30-,31-,32-/m0/s1. The third-order valence-electron chi connectivity index (χ3n) is 8.07. The van der Waals surface area contributed by atoms with Crippen LogP contribution >= 0.6 is 0 Å². The minimum Gasteiger partial charge on any atom is -0.530 e. The molecule has 0 spiro atoms. The van der Waals surface area contributed by atoms with Crippen LogP contribution in [0.1, 0.15) is 38.8 Å². The average Bonchev–Trinajstić information content (AvgIpc) is 3.07. The molecular formula is C36H47N6O7-. The number of aliphatic hydroxyl groups excluding tert-OH is 1. The van der Waals surface area contributed by atoms with Crippen molar-refractivity contribution in [2.24, 2.45) is 11.8 Å². The molecule has 0 aliphatic rings. The number of carboxylic acid groups (broad SMARTS) is 1. The first-order valence-corrected chi connectivity index (χ1v) is 16.2. The summed E-state index contributed by atoms with van der Waals surface area (Å²) < 4.78 is 4.71. The molecule has 1 aromatic heterocycles. The Hall–Kier alpha value is -5.01. The number of alkyl carbamates (subject to hydrolysis) is 1. The van der Waals surface area contributed by atoms with Crippen molar-refractivity contribution in [1.29, 1.82) is 0 Å². The molecule has 4 atom stereocenters. The van der Waals surface area contributed by atoms with Gasteiger partial charge in [0, 0.05) is 31.9 Å². The van der Waals surface area contributed by atoms with E-state index in [4.69, 9.17) is 4.74 Å². The van der Waals surface area contributed by atoms with Crippen LogP contribution in [-0.2, 0) is 27.3 Å². The molecule has 0 unspecified atom stereocenters. The van der Waals surface area contributed by atoms with Crippen LogP contribution in [0, 0.1) is 11.8 Å². The van der Waals surface area contributed by atoms with E-state index in [0.717, 1.165) is 27.3 Å². The van der Waals surface area contributed by atoms with Crippen molar-refractivity contribution in [3.63, 3.8) is 0 Å². The zero-order valence-electron chi connectivity index (χ0n) is 28.8. The maximum Gasteiger partial charge on any atom is 0.407 e. The zero-order valence-corrected chi connectivity index (χ0v) is 28.8. The summed E-state index contributed by atoms with van der Waals surface area (Å²) >= 11 is 0. The maximum absolute atomic E-state index is 13.5. The first-order valence-electron chi connectivity index (χ1n) is 16.2. The highest BCUT2D eigenvalue weighted by Crippen LogP contribution is 2.19. The van der Waals surface area contributed by atoms with Crippen molar-refractivity contribution in [1.82, 2.24) is 31.0 Å². The van der Waals surface area contributed by atoms with E-state index in [1.54, 1.807) is 33.9 Å². The number of aliphatic hydroxyl groups is 1. The second-order valence-electron chi connectivity index (χ2n) is 12.6. The lowest BCUT2D eigenvalue weighted by atomic mass is 9.98. The van der Waals surface area contributed by atoms with E-state index in [1.165, 1.54) is 19.2 Å². The van der Waals surface area contributed by atoms with Crippen LogP contribution in [0.2, 0.25) is 0 Å². The number of benzene rings is 2. The molecule has 49 heavy (non-hydrogen) atoms. The fourth-order valence-electron chi connectivity index (χ4n) is 5.44.